The van der Waals surface area contributed by atoms with Crippen molar-refractivity contribution in [2.75, 3.05) is 27.3 Å². The van der Waals surface area contributed by atoms with Crippen LogP contribution in [0, 0.1) is 0 Å². The molecule has 1 aliphatic rings. The van der Waals surface area contributed by atoms with Crippen molar-refractivity contribution >= 4 is 57.2 Å². The number of carbonyl (C=O) groups is 3. The Balaban J connectivity index is 2.37. The number of carboxylic acid groups (broad SMARTS) is 1. The highest BCUT2D eigenvalue weighted by molar-refractivity contribution is 9.10. The second-order valence-corrected chi connectivity index (χ2v) is 6.48. The minimum Gasteiger partial charge on any atom is -0.481 e. The third kappa shape index (κ3) is 4.38. The molecular weight excluding hydrogens is 428 g/mol. The van der Waals surface area contributed by atoms with Crippen molar-refractivity contribution in [1.82, 2.24) is 9.80 Å². The van der Waals surface area contributed by atoms with E-state index < -0.39 is 24.5 Å². The Labute approximate surface area is 163 Å². The number of hydrogen-bond donors (Lipinski definition) is 1. The van der Waals surface area contributed by atoms with Crippen LogP contribution in [0.4, 0.5) is 0 Å². The van der Waals surface area contributed by atoms with Gasteiger partial charge in [-0.15, -0.1) is 0 Å². The number of likely N-dealkylation sites (N-methyl/N-ethyl adjacent to an activating group) is 1. The molecule has 1 N–H and O–H groups in total. The average Bonchev–Trinajstić information content (AvgIpc) is 2.78. The number of esters is 1. The van der Waals surface area contributed by atoms with E-state index in [0.29, 0.717) is 15.8 Å². The minimum atomic E-state index is -1.12. The molecule has 1 aliphatic heterocycles. The summed E-state index contributed by atoms with van der Waals surface area (Å²) in [5.74, 6) is -1.89. The zero-order valence-corrected chi connectivity index (χ0v) is 16.3. The number of amides is 1. The number of carboxylic acids is 1. The molecule has 138 valence electrons. The molecule has 0 radical (unpaired) electrons. The van der Waals surface area contributed by atoms with Crippen molar-refractivity contribution in [2.45, 2.75) is 0 Å². The zero-order valence-electron chi connectivity index (χ0n) is 13.9. The summed E-state index contributed by atoms with van der Waals surface area (Å²) in [5, 5.41) is 8.95. The first-order chi connectivity index (χ1) is 12.2. The lowest BCUT2D eigenvalue weighted by Crippen LogP contribution is -2.36. The molecule has 1 aromatic carbocycles. The van der Waals surface area contributed by atoms with Gasteiger partial charge >= 0.3 is 11.9 Å². The molecule has 0 spiro atoms. The van der Waals surface area contributed by atoms with Crippen molar-refractivity contribution in [2.24, 2.45) is 0 Å². The smallest absolute Gasteiger partial charge is 0.341 e. The molecule has 2 rings (SSSR count). The van der Waals surface area contributed by atoms with Crippen LogP contribution in [-0.4, -0.2) is 65.2 Å². The number of methoxy groups -OCH3 is 1. The molecular formula is C16H15BrN2O6S. The molecule has 0 atom stereocenters. The molecule has 0 aliphatic carbocycles. The highest BCUT2D eigenvalue weighted by atomic mass is 79.9. The lowest BCUT2D eigenvalue weighted by atomic mass is 10.1. The van der Waals surface area contributed by atoms with Crippen LogP contribution in [-0.2, 0) is 19.1 Å². The number of ether oxygens (including phenoxy) is 2. The van der Waals surface area contributed by atoms with E-state index in [1.807, 2.05) is 0 Å². The van der Waals surface area contributed by atoms with E-state index in [-0.39, 0.29) is 17.4 Å². The maximum Gasteiger partial charge on any atom is 0.341 e. The summed E-state index contributed by atoms with van der Waals surface area (Å²) in [4.78, 5) is 37.4. The van der Waals surface area contributed by atoms with Crippen LogP contribution >= 0.6 is 28.1 Å². The molecule has 8 nitrogen and oxygen atoms in total. The monoisotopic (exact) mass is 442 g/mol. The Morgan fingerprint density at radius 2 is 2.08 bits per heavy atom. The van der Waals surface area contributed by atoms with Crippen molar-refractivity contribution in [3.05, 3.63) is 33.9 Å². The molecule has 10 heteroatoms. The highest BCUT2D eigenvalue weighted by Crippen LogP contribution is 2.29. The average molecular weight is 443 g/mol. The number of halogens is 1. The number of thiocarbonyl (C=S) groups is 1. The van der Waals surface area contributed by atoms with Gasteiger partial charge in [0.1, 0.15) is 18.0 Å². The summed E-state index contributed by atoms with van der Waals surface area (Å²) in [6, 6.07) is 4.95. The lowest BCUT2D eigenvalue weighted by Gasteiger charge is -2.14. The fourth-order valence-electron chi connectivity index (χ4n) is 2.19. The maximum atomic E-state index is 12.6. The van der Waals surface area contributed by atoms with E-state index in [9.17, 15) is 14.4 Å². The Morgan fingerprint density at radius 3 is 2.69 bits per heavy atom. The van der Waals surface area contributed by atoms with Gasteiger partial charge in [0, 0.05) is 17.1 Å². The van der Waals surface area contributed by atoms with Crippen LogP contribution in [0.25, 0.3) is 6.08 Å². The van der Waals surface area contributed by atoms with Crippen LogP contribution in [0.3, 0.4) is 0 Å². The van der Waals surface area contributed by atoms with E-state index in [2.05, 4.69) is 20.7 Å². The lowest BCUT2D eigenvalue weighted by molar-refractivity contribution is -0.143. The molecule has 0 bridgehead atoms. The summed E-state index contributed by atoms with van der Waals surface area (Å²) in [7, 11) is 2.82. The normalized spacial score (nSPS) is 15.6. The molecule has 26 heavy (non-hydrogen) atoms. The van der Waals surface area contributed by atoms with Crippen molar-refractivity contribution in [3.8, 4) is 5.75 Å². The maximum absolute atomic E-state index is 12.6. The van der Waals surface area contributed by atoms with Gasteiger partial charge in [-0.3, -0.25) is 14.5 Å². The van der Waals surface area contributed by atoms with Crippen LogP contribution < -0.4 is 4.74 Å². The number of benzene rings is 1. The van der Waals surface area contributed by atoms with Crippen LogP contribution in [0.15, 0.2) is 28.4 Å². The second-order valence-electron chi connectivity index (χ2n) is 5.20. The van der Waals surface area contributed by atoms with E-state index in [4.69, 9.17) is 22.1 Å². The first kappa shape index (κ1) is 19.9. The number of hydrogen-bond acceptors (Lipinski definition) is 6. The fourth-order valence-corrected chi connectivity index (χ4v) is 2.82. The van der Waals surface area contributed by atoms with Gasteiger partial charge in [0.2, 0.25) is 0 Å². The van der Waals surface area contributed by atoms with Crippen molar-refractivity contribution < 1.29 is 29.0 Å². The quantitative estimate of drug-likeness (QED) is 0.402. The van der Waals surface area contributed by atoms with Gasteiger partial charge in [-0.05, 0) is 36.5 Å². The van der Waals surface area contributed by atoms with E-state index >= 15 is 0 Å². The number of nitrogens with zero attached hydrogens (tertiary/aromatic N) is 2. The van der Waals surface area contributed by atoms with Gasteiger partial charge in [0.15, 0.2) is 11.7 Å². The molecule has 0 aromatic heterocycles. The van der Waals surface area contributed by atoms with Crippen molar-refractivity contribution in [3.63, 3.8) is 0 Å². The Morgan fingerprint density at radius 1 is 1.38 bits per heavy atom. The molecule has 0 unspecified atom stereocenters. The summed E-state index contributed by atoms with van der Waals surface area (Å²) >= 11 is 8.53. The Kier molecular flexibility index (Phi) is 6.32. The van der Waals surface area contributed by atoms with Gasteiger partial charge in [0.05, 0.1) is 7.11 Å². The van der Waals surface area contributed by atoms with Crippen LogP contribution in [0.1, 0.15) is 5.56 Å². The molecule has 1 fully saturated rings. The number of aliphatic carboxylic acids is 1. The third-order valence-electron chi connectivity index (χ3n) is 3.47. The van der Waals surface area contributed by atoms with Crippen LogP contribution in [0.2, 0.25) is 0 Å². The predicted molar refractivity (Wildman–Crippen MR) is 99.3 cm³/mol. The van der Waals surface area contributed by atoms with E-state index in [1.165, 1.54) is 18.1 Å². The number of carbonyl (C=O) groups excluding carboxylic acids is 2. The molecule has 1 heterocycles. The number of rotatable bonds is 6. The largest absolute Gasteiger partial charge is 0.481 e. The Bertz CT molecular complexity index is 810. The highest BCUT2D eigenvalue weighted by Gasteiger charge is 2.37. The first-order valence-electron chi connectivity index (χ1n) is 7.26. The SMILES string of the molecule is COC(=O)CN1C(=O)/C(=C/c2cc(Br)ccc2OCC(=O)O)N(C)C1=S. The van der Waals surface area contributed by atoms with Gasteiger partial charge in [0.25, 0.3) is 5.91 Å². The van der Waals surface area contributed by atoms with E-state index in [0.717, 1.165) is 4.90 Å². The molecule has 1 aromatic rings. The summed E-state index contributed by atoms with van der Waals surface area (Å²) in [5.41, 5.74) is 0.704. The van der Waals surface area contributed by atoms with Gasteiger partial charge in [-0.25, -0.2) is 4.79 Å². The standard InChI is InChI=1S/C16H15BrN2O6S/c1-18-11(15(23)19(16(18)26)7-14(22)24-2)6-9-5-10(17)3-4-12(9)25-8-13(20)21/h3-6H,7-8H2,1-2H3,(H,20,21)/b11-6-. The molecule has 0 saturated carbocycles. The predicted octanol–water partition coefficient (Wildman–Crippen LogP) is 1.49. The molecule has 1 amide bonds. The first-order valence-corrected chi connectivity index (χ1v) is 8.47. The van der Waals surface area contributed by atoms with Crippen LogP contribution in [0.5, 0.6) is 5.75 Å². The fraction of sp³-hybridized carbons (Fsp3) is 0.250. The third-order valence-corrected chi connectivity index (χ3v) is 4.46. The van der Waals surface area contributed by atoms with Crippen molar-refractivity contribution in [1.29, 1.82) is 0 Å². The van der Waals surface area contributed by atoms with Gasteiger partial charge in [-0.1, -0.05) is 15.9 Å². The van der Waals surface area contributed by atoms with E-state index in [1.54, 1.807) is 25.2 Å². The summed E-state index contributed by atoms with van der Waals surface area (Å²) < 4.78 is 10.5. The zero-order chi connectivity index (χ0) is 19.4. The van der Waals surface area contributed by atoms with Gasteiger partial charge < -0.3 is 19.5 Å². The minimum absolute atomic E-state index is 0.162. The summed E-state index contributed by atoms with van der Waals surface area (Å²) in [6.45, 7) is -0.814. The topological polar surface area (TPSA) is 96.4 Å². The summed E-state index contributed by atoms with van der Waals surface area (Å²) in [6.07, 6.45) is 1.52. The van der Waals surface area contributed by atoms with Gasteiger partial charge in [-0.2, -0.15) is 0 Å². The Hall–Kier alpha value is -2.46. The second kappa shape index (κ2) is 8.28. The molecule has 1 saturated heterocycles.